The van der Waals surface area contributed by atoms with Crippen LogP contribution in [0.15, 0.2) is 18.2 Å². The fraction of sp³-hybridized carbons (Fsp3) is 0.455. The summed E-state index contributed by atoms with van der Waals surface area (Å²) in [6.45, 7) is 1.78. The lowest BCUT2D eigenvalue weighted by molar-refractivity contribution is 0.590. The zero-order valence-electron chi connectivity index (χ0n) is 9.40. The summed E-state index contributed by atoms with van der Waals surface area (Å²) in [5, 5.41) is 0. The Morgan fingerprint density at radius 3 is 2.56 bits per heavy atom. The van der Waals surface area contributed by atoms with Gasteiger partial charge in [-0.3, -0.25) is 0 Å². The fourth-order valence-corrected chi connectivity index (χ4v) is 2.51. The molecule has 1 aromatic rings. The van der Waals surface area contributed by atoms with Crippen molar-refractivity contribution in [1.29, 1.82) is 0 Å². The van der Waals surface area contributed by atoms with Crippen molar-refractivity contribution < 1.29 is 12.8 Å². The number of nitrogens with two attached hydrogens (primary N) is 1. The predicted octanol–water partition coefficient (Wildman–Crippen LogP) is 1.05. The molecule has 0 aliphatic heterocycles. The van der Waals surface area contributed by atoms with E-state index in [9.17, 15) is 12.8 Å². The summed E-state index contributed by atoms with van der Waals surface area (Å²) in [6, 6.07) is 3.98. The first-order valence-electron chi connectivity index (χ1n) is 4.96. The molecule has 0 aliphatic rings. The van der Waals surface area contributed by atoms with E-state index in [0.717, 1.165) is 17.4 Å². The highest BCUT2D eigenvalue weighted by molar-refractivity contribution is 7.90. The third-order valence-corrected chi connectivity index (χ3v) is 3.34. The summed E-state index contributed by atoms with van der Waals surface area (Å²) in [6.07, 6.45) is 1.60. The Hall–Kier alpha value is -0.940. The van der Waals surface area contributed by atoms with Gasteiger partial charge in [0.1, 0.15) is 15.7 Å². The van der Waals surface area contributed by atoms with Crippen LogP contribution < -0.4 is 5.73 Å². The molecule has 0 aromatic heterocycles. The van der Waals surface area contributed by atoms with Crippen LogP contribution in [0.3, 0.4) is 0 Å². The smallest absolute Gasteiger partial charge is 0.148 e. The number of benzene rings is 1. The van der Waals surface area contributed by atoms with E-state index in [2.05, 4.69) is 0 Å². The maximum absolute atomic E-state index is 12.8. The van der Waals surface area contributed by atoms with Gasteiger partial charge in [0.15, 0.2) is 0 Å². The molecule has 0 saturated carbocycles. The Balaban J connectivity index is 2.73. The van der Waals surface area contributed by atoms with Crippen molar-refractivity contribution in [3.63, 3.8) is 0 Å². The molecule has 90 valence electrons. The molecule has 0 spiro atoms. The molecule has 0 aliphatic carbocycles. The Kier molecular flexibility index (Phi) is 4.04. The Morgan fingerprint density at radius 1 is 1.44 bits per heavy atom. The fourth-order valence-electron chi connectivity index (χ4n) is 1.62. The van der Waals surface area contributed by atoms with Gasteiger partial charge in [0.25, 0.3) is 0 Å². The van der Waals surface area contributed by atoms with Crippen molar-refractivity contribution in [2.45, 2.75) is 19.4 Å². The zero-order valence-corrected chi connectivity index (χ0v) is 10.2. The van der Waals surface area contributed by atoms with Crippen LogP contribution in [0, 0.1) is 12.7 Å². The highest BCUT2D eigenvalue weighted by Crippen LogP contribution is 2.12. The molecule has 1 rings (SSSR count). The van der Waals surface area contributed by atoms with E-state index in [1.165, 1.54) is 12.1 Å². The summed E-state index contributed by atoms with van der Waals surface area (Å²) in [4.78, 5) is 0. The van der Waals surface area contributed by atoms with E-state index < -0.39 is 15.9 Å². The molecule has 0 fully saturated rings. The predicted molar refractivity (Wildman–Crippen MR) is 62.5 cm³/mol. The number of sulfone groups is 1. The van der Waals surface area contributed by atoms with E-state index >= 15 is 0 Å². The molecule has 0 heterocycles. The van der Waals surface area contributed by atoms with Gasteiger partial charge in [-0.2, -0.15) is 0 Å². The average Bonchev–Trinajstić information content (AvgIpc) is 2.06. The van der Waals surface area contributed by atoms with Gasteiger partial charge in [-0.1, -0.05) is 6.07 Å². The molecule has 1 unspecified atom stereocenters. The van der Waals surface area contributed by atoms with Gasteiger partial charge < -0.3 is 5.73 Å². The molecule has 0 amide bonds. The number of hydrogen-bond donors (Lipinski definition) is 1. The molecule has 16 heavy (non-hydrogen) atoms. The first-order valence-corrected chi connectivity index (χ1v) is 7.02. The second-order valence-electron chi connectivity index (χ2n) is 4.13. The molecule has 1 aromatic carbocycles. The molecule has 5 heteroatoms. The Bertz CT molecular complexity index is 471. The van der Waals surface area contributed by atoms with Crippen LogP contribution in [-0.2, 0) is 16.3 Å². The van der Waals surface area contributed by atoms with Crippen molar-refractivity contribution in [3.8, 4) is 0 Å². The highest BCUT2D eigenvalue weighted by atomic mass is 32.2. The molecular formula is C11H16FNO2S. The standard InChI is InChI=1S/C11H16FNO2S/c1-8-5-10(12)4-3-9(8)6-11(13)7-16(2,14)15/h3-5,11H,6-7,13H2,1-2H3. The summed E-state index contributed by atoms with van der Waals surface area (Å²) in [5.74, 6) is -0.345. The quantitative estimate of drug-likeness (QED) is 0.862. The van der Waals surface area contributed by atoms with Crippen LogP contribution in [0.5, 0.6) is 0 Å². The van der Waals surface area contributed by atoms with Crippen molar-refractivity contribution in [3.05, 3.63) is 35.1 Å². The van der Waals surface area contributed by atoms with E-state index in [1.54, 1.807) is 13.0 Å². The molecule has 0 saturated heterocycles. The van der Waals surface area contributed by atoms with Gasteiger partial charge >= 0.3 is 0 Å². The SMILES string of the molecule is Cc1cc(F)ccc1CC(N)CS(C)(=O)=O. The van der Waals surface area contributed by atoms with E-state index in [0.29, 0.717) is 6.42 Å². The summed E-state index contributed by atoms with van der Waals surface area (Å²) >= 11 is 0. The average molecular weight is 245 g/mol. The van der Waals surface area contributed by atoms with Crippen molar-refractivity contribution in [1.82, 2.24) is 0 Å². The van der Waals surface area contributed by atoms with Crippen molar-refractivity contribution in [2.75, 3.05) is 12.0 Å². The largest absolute Gasteiger partial charge is 0.326 e. The number of rotatable bonds is 4. The minimum absolute atomic E-state index is 0.0518. The van der Waals surface area contributed by atoms with Gasteiger partial charge in [-0.05, 0) is 36.6 Å². The summed E-state index contributed by atoms with van der Waals surface area (Å²) < 4.78 is 34.9. The molecule has 3 nitrogen and oxygen atoms in total. The molecular weight excluding hydrogens is 229 g/mol. The lowest BCUT2D eigenvalue weighted by atomic mass is 10.0. The lowest BCUT2D eigenvalue weighted by Gasteiger charge is -2.12. The van der Waals surface area contributed by atoms with Crippen LogP contribution in [-0.4, -0.2) is 26.5 Å². The monoisotopic (exact) mass is 245 g/mol. The highest BCUT2D eigenvalue weighted by Gasteiger charge is 2.12. The first kappa shape index (κ1) is 13.1. The number of halogens is 1. The zero-order chi connectivity index (χ0) is 12.3. The maximum atomic E-state index is 12.8. The summed E-state index contributed by atoms with van der Waals surface area (Å²) in [5.41, 5.74) is 7.41. The second-order valence-corrected chi connectivity index (χ2v) is 6.31. The Labute approximate surface area is 95.4 Å². The maximum Gasteiger partial charge on any atom is 0.148 e. The summed E-state index contributed by atoms with van der Waals surface area (Å²) in [7, 11) is -3.06. The van der Waals surface area contributed by atoms with E-state index in [1.807, 2.05) is 0 Å². The third kappa shape index (κ3) is 4.28. The van der Waals surface area contributed by atoms with Crippen molar-refractivity contribution in [2.24, 2.45) is 5.73 Å². The first-order chi connectivity index (χ1) is 7.28. The molecule has 0 radical (unpaired) electrons. The van der Waals surface area contributed by atoms with Gasteiger partial charge in [0, 0.05) is 12.3 Å². The molecule has 0 bridgehead atoms. The van der Waals surface area contributed by atoms with Gasteiger partial charge in [0.2, 0.25) is 0 Å². The van der Waals surface area contributed by atoms with Crippen LogP contribution in [0.4, 0.5) is 4.39 Å². The minimum atomic E-state index is -3.06. The topological polar surface area (TPSA) is 60.2 Å². The minimum Gasteiger partial charge on any atom is -0.326 e. The van der Waals surface area contributed by atoms with E-state index in [-0.39, 0.29) is 11.6 Å². The normalized spacial score (nSPS) is 13.8. The second kappa shape index (κ2) is 4.93. The molecule has 2 N–H and O–H groups in total. The van der Waals surface area contributed by atoms with Gasteiger partial charge in [0.05, 0.1) is 5.75 Å². The van der Waals surface area contributed by atoms with Crippen LogP contribution in [0.1, 0.15) is 11.1 Å². The Morgan fingerprint density at radius 2 is 2.06 bits per heavy atom. The lowest BCUT2D eigenvalue weighted by Crippen LogP contribution is -2.31. The van der Waals surface area contributed by atoms with Gasteiger partial charge in [-0.15, -0.1) is 0 Å². The van der Waals surface area contributed by atoms with Crippen LogP contribution >= 0.6 is 0 Å². The van der Waals surface area contributed by atoms with Crippen LogP contribution in [0.25, 0.3) is 0 Å². The van der Waals surface area contributed by atoms with Crippen molar-refractivity contribution >= 4 is 9.84 Å². The van der Waals surface area contributed by atoms with Crippen LogP contribution in [0.2, 0.25) is 0 Å². The molecule has 1 atom stereocenters. The van der Waals surface area contributed by atoms with Gasteiger partial charge in [-0.25, -0.2) is 12.8 Å². The van der Waals surface area contributed by atoms with E-state index in [4.69, 9.17) is 5.73 Å². The number of hydrogen-bond acceptors (Lipinski definition) is 3. The third-order valence-electron chi connectivity index (χ3n) is 2.30. The number of aryl methyl sites for hydroxylation is 1.